The molecule has 3 atom stereocenters. The van der Waals surface area contributed by atoms with Crippen LogP contribution in [0.15, 0.2) is 54.7 Å². The van der Waals surface area contributed by atoms with Crippen LogP contribution < -0.4 is 5.32 Å². The maximum absolute atomic E-state index is 13.2. The van der Waals surface area contributed by atoms with Crippen molar-refractivity contribution in [3.05, 3.63) is 71.4 Å². The highest BCUT2D eigenvalue weighted by atomic mass is 16.5. The average Bonchev–Trinajstić information content (AvgIpc) is 3.58. The zero-order chi connectivity index (χ0) is 24.3. The second-order valence-electron chi connectivity index (χ2n) is 9.40. The van der Waals surface area contributed by atoms with Crippen LogP contribution in [0.4, 0.5) is 10.6 Å². The highest BCUT2D eigenvalue weighted by Crippen LogP contribution is 2.47. The first-order valence-electron chi connectivity index (χ1n) is 11.6. The molecule has 178 valence electrons. The molecule has 3 heterocycles. The number of nitrogens with one attached hydrogen (secondary N) is 1. The maximum atomic E-state index is 13.2. The van der Waals surface area contributed by atoms with Crippen molar-refractivity contribution in [2.45, 2.75) is 18.4 Å². The van der Waals surface area contributed by atoms with Gasteiger partial charge in [0, 0.05) is 31.7 Å². The quantitative estimate of drug-likeness (QED) is 0.589. The van der Waals surface area contributed by atoms with Gasteiger partial charge in [-0.1, -0.05) is 48.5 Å². The van der Waals surface area contributed by atoms with E-state index in [-0.39, 0.29) is 41.8 Å². The minimum absolute atomic E-state index is 0.0170. The Balaban J connectivity index is 1.16. The number of aryl methyl sites for hydroxylation is 1. The second-order valence-corrected chi connectivity index (χ2v) is 9.40. The van der Waals surface area contributed by atoms with Crippen molar-refractivity contribution in [3.63, 3.8) is 0 Å². The minimum Gasteiger partial charge on any atom is -0.481 e. The first-order chi connectivity index (χ1) is 16.9. The molecular formula is C26H24N4O5. The Morgan fingerprint density at radius 1 is 1.09 bits per heavy atom. The summed E-state index contributed by atoms with van der Waals surface area (Å²) in [5, 5.41) is 16.2. The van der Waals surface area contributed by atoms with Gasteiger partial charge in [0.05, 0.1) is 5.92 Å². The van der Waals surface area contributed by atoms with Gasteiger partial charge in [0.1, 0.15) is 12.2 Å². The zero-order valence-corrected chi connectivity index (χ0v) is 19.0. The number of aliphatic carboxylic acids is 1. The molecule has 2 aromatic carbocycles. The van der Waals surface area contributed by atoms with E-state index in [4.69, 9.17) is 4.74 Å². The van der Waals surface area contributed by atoms with Gasteiger partial charge in [-0.25, -0.2) is 4.79 Å². The fourth-order valence-electron chi connectivity index (χ4n) is 5.84. The summed E-state index contributed by atoms with van der Waals surface area (Å²) in [6.45, 7) is 0.548. The molecular weight excluding hydrogens is 448 g/mol. The van der Waals surface area contributed by atoms with Crippen LogP contribution in [0.1, 0.15) is 33.8 Å². The molecule has 2 saturated heterocycles. The standard InChI is InChI=1S/C26H24N4O5/c1-29-12-19(24(31)30-11-14-10-21(30)22(14)25(32)33)23(28-29)27-26(34)35-13-20-17-8-4-2-6-15(17)16-7-3-5-9-18(16)20/h2-9,12,14,20-22H,10-11,13H2,1H3,(H,32,33)(H,27,28,34). The van der Waals surface area contributed by atoms with Crippen molar-refractivity contribution in [3.8, 4) is 11.1 Å². The van der Waals surface area contributed by atoms with Gasteiger partial charge in [-0.2, -0.15) is 5.10 Å². The molecule has 9 nitrogen and oxygen atoms in total. The number of hydrogen-bond acceptors (Lipinski definition) is 5. The number of nitrogens with zero attached hydrogens (tertiary/aromatic N) is 3. The molecule has 9 heteroatoms. The zero-order valence-electron chi connectivity index (χ0n) is 19.0. The van der Waals surface area contributed by atoms with E-state index in [1.165, 1.54) is 10.9 Å². The Labute approximate surface area is 201 Å². The number of carboxylic acids is 1. The lowest BCUT2D eigenvalue weighted by Crippen LogP contribution is -2.45. The average molecular weight is 473 g/mol. The Bertz CT molecular complexity index is 1320. The normalized spacial score (nSPS) is 21.7. The van der Waals surface area contributed by atoms with Gasteiger partial charge >= 0.3 is 12.1 Å². The van der Waals surface area contributed by atoms with Crippen molar-refractivity contribution in [2.24, 2.45) is 18.9 Å². The monoisotopic (exact) mass is 472 g/mol. The highest BCUT2D eigenvalue weighted by molar-refractivity contribution is 6.02. The van der Waals surface area contributed by atoms with E-state index in [0.717, 1.165) is 22.3 Å². The van der Waals surface area contributed by atoms with Crippen LogP contribution in [-0.4, -0.2) is 57.0 Å². The van der Waals surface area contributed by atoms with E-state index in [9.17, 15) is 19.5 Å². The third kappa shape index (κ3) is 3.38. The topological polar surface area (TPSA) is 114 Å². The molecule has 1 aromatic heterocycles. The van der Waals surface area contributed by atoms with E-state index in [0.29, 0.717) is 13.0 Å². The number of hydrogen-bond donors (Lipinski definition) is 2. The molecule has 4 aliphatic rings. The molecule has 2 aliphatic carbocycles. The van der Waals surface area contributed by atoms with E-state index < -0.39 is 18.0 Å². The van der Waals surface area contributed by atoms with Gasteiger partial charge in [-0.05, 0) is 34.6 Å². The summed E-state index contributed by atoms with van der Waals surface area (Å²) in [6, 6.07) is 15.8. The molecule has 0 spiro atoms. The summed E-state index contributed by atoms with van der Waals surface area (Å²) in [4.78, 5) is 39.0. The smallest absolute Gasteiger partial charge is 0.412 e. The van der Waals surface area contributed by atoms with Crippen molar-refractivity contribution in [1.82, 2.24) is 14.7 Å². The SMILES string of the molecule is Cn1cc(C(=O)N2CC3CC2C3C(=O)O)c(NC(=O)OCC2c3ccccc3-c3ccccc32)n1. The largest absolute Gasteiger partial charge is 0.481 e. The number of carbonyl (C=O) groups is 3. The minimum atomic E-state index is -0.871. The molecule has 3 fully saturated rings. The first-order valence-corrected chi connectivity index (χ1v) is 11.6. The number of benzene rings is 2. The summed E-state index contributed by atoms with van der Waals surface area (Å²) >= 11 is 0. The number of fused-ring (bicyclic) bond motifs is 4. The van der Waals surface area contributed by atoms with Gasteiger partial charge in [0.15, 0.2) is 5.82 Å². The number of ether oxygens (including phenoxy) is 1. The summed E-state index contributed by atoms with van der Waals surface area (Å²) in [7, 11) is 1.66. The van der Waals surface area contributed by atoms with Gasteiger partial charge in [-0.15, -0.1) is 0 Å². The second kappa shape index (κ2) is 7.97. The van der Waals surface area contributed by atoms with Crippen LogP contribution >= 0.6 is 0 Å². The molecule has 7 rings (SSSR count). The summed E-state index contributed by atoms with van der Waals surface area (Å²) < 4.78 is 7.03. The van der Waals surface area contributed by atoms with Crippen molar-refractivity contribution in [2.75, 3.05) is 18.5 Å². The number of aromatic nitrogens is 2. The highest BCUT2D eigenvalue weighted by Gasteiger charge is 2.57. The predicted octanol–water partition coefficient (Wildman–Crippen LogP) is 3.33. The van der Waals surface area contributed by atoms with Gasteiger partial charge in [0.2, 0.25) is 0 Å². The van der Waals surface area contributed by atoms with Crippen LogP contribution in [0, 0.1) is 11.8 Å². The summed E-state index contributed by atoms with van der Waals surface area (Å²) in [6.07, 6.45) is 1.53. The fraction of sp³-hybridized carbons (Fsp3) is 0.308. The predicted molar refractivity (Wildman–Crippen MR) is 126 cm³/mol. The molecule has 2 amide bonds. The lowest BCUT2D eigenvalue weighted by atomic mass is 9.74. The Hall–Kier alpha value is -4.14. The summed E-state index contributed by atoms with van der Waals surface area (Å²) in [5.41, 5.74) is 4.71. The van der Waals surface area contributed by atoms with Crippen molar-refractivity contribution < 1.29 is 24.2 Å². The van der Waals surface area contributed by atoms with Gasteiger partial charge in [0.25, 0.3) is 5.91 Å². The molecule has 3 aromatic rings. The van der Waals surface area contributed by atoms with Crippen LogP contribution in [0.2, 0.25) is 0 Å². The lowest BCUT2D eigenvalue weighted by molar-refractivity contribution is -0.147. The Kier molecular flexibility index (Phi) is 4.87. The van der Waals surface area contributed by atoms with E-state index in [1.54, 1.807) is 11.9 Å². The number of anilines is 1. The van der Waals surface area contributed by atoms with E-state index in [1.807, 2.05) is 36.4 Å². The fourth-order valence-corrected chi connectivity index (χ4v) is 5.84. The molecule has 2 bridgehead atoms. The Morgan fingerprint density at radius 2 is 1.74 bits per heavy atom. The van der Waals surface area contributed by atoms with E-state index in [2.05, 4.69) is 22.5 Å². The van der Waals surface area contributed by atoms with Gasteiger partial charge < -0.3 is 14.7 Å². The molecule has 0 radical (unpaired) electrons. The van der Waals surface area contributed by atoms with Crippen molar-refractivity contribution in [1.29, 1.82) is 0 Å². The number of carboxylic acid groups (broad SMARTS) is 1. The molecule has 2 aliphatic heterocycles. The first kappa shape index (κ1) is 21.4. The van der Waals surface area contributed by atoms with Gasteiger partial charge in [-0.3, -0.25) is 19.6 Å². The third-order valence-corrected chi connectivity index (χ3v) is 7.47. The molecule has 35 heavy (non-hydrogen) atoms. The number of carbonyl (C=O) groups excluding carboxylic acids is 2. The number of amides is 2. The molecule has 1 saturated carbocycles. The maximum Gasteiger partial charge on any atom is 0.412 e. The van der Waals surface area contributed by atoms with Crippen LogP contribution in [0.3, 0.4) is 0 Å². The Morgan fingerprint density at radius 3 is 2.37 bits per heavy atom. The lowest BCUT2D eigenvalue weighted by Gasteiger charge is -2.32. The van der Waals surface area contributed by atoms with Crippen LogP contribution in [0.25, 0.3) is 11.1 Å². The third-order valence-electron chi connectivity index (χ3n) is 7.47. The van der Waals surface area contributed by atoms with Crippen LogP contribution in [-0.2, 0) is 16.6 Å². The number of rotatable bonds is 5. The van der Waals surface area contributed by atoms with Crippen molar-refractivity contribution >= 4 is 23.8 Å². The van der Waals surface area contributed by atoms with Crippen LogP contribution in [0.5, 0.6) is 0 Å². The molecule has 2 N–H and O–H groups in total. The molecule has 3 unspecified atom stereocenters. The van der Waals surface area contributed by atoms with E-state index >= 15 is 0 Å². The summed E-state index contributed by atoms with van der Waals surface area (Å²) in [5.74, 6) is -1.72.